The summed E-state index contributed by atoms with van der Waals surface area (Å²) in [7, 11) is -2.74. The summed E-state index contributed by atoms with van der Waals surface area (Å²) in [6, 6.07) is 18.3. The monoisotopic (exact) mass is 1050 g/mol. The number of hydrogen-bond donors (Lipinski definition) is 2. The van der Waals surface area contributed by atoms with Crippen LogP contribution in [0.5, 0.6) is 5.75 Å². The summed E-state index contributed by atoms with van der Waals surface area (Å²) < 4.78 is 27.5. The highest BCUT2D eigenvalue weighted by Crippen LogP contribution is 2.43. The van der Waals surface area contributed by atoms with Gasteiger partial charge in [0.2, 0.25) is 17.8 Å². The van der Waals surface area contributed by atoms with Crippen molar-refractivity contribution in [1.29, 1.82) is 0 Å². The maximum Gasteiger partial charge on any atom is 0.439 e. The molecule has 19 heteroatoms. The number of halogens is 1. The van der Waals surface area contributed by atoms with Crippen molar-refractivity contribution in [2.75, 3.05) is 104 Å². The van der Waals surface area contributed by atoms with E-state index in [1.165, 1.54) is 11.3 Å². The first kappa shape index (κ1) is 48.8. The number of rotatable bonds is 15. The van der Waals surface area contributed by atoms with Crippen LogP contribution in [0.25, 0.3) is 22.0 Å². The molecular weight excluding hydrogens is 986 g/mol. The van der Waals surface area contributed by atoms with Crippen molar-refractivity contribution in [1.82, 2.24) is 29.4 Å². The number of aryl methyl sites for hydroxylation is 2. The number of carbonyl (C=O) groups is 2. The molecule has 0 aliphatic carbocycles. The normalized spacial score (nSPS) is 17.9. The number of nitrogens with one attached hydrogen (secondary N) is 2. The molecule has 4 aliphatic rings. The zero-order valence-electron chi connectivity index (χ0n) is 41.2. The number of nitrogens with zero attached hydrogens (tertiary/aromatic N) is 9. The van der Waals surface area contributed by atoms with Crippen molar-refractivity contribution >= 4 is 96.7 Å². The molecule has 4 saturated heterocycles. The van der Waals surface area contributed by atoms with Gasteiger partial charge >= 0.3 is 5.76 Å². The largest absolute Gasteiger partial charge is 0.492 e. The smallest absolute Gasteiger partial charge is 0.439 e. The van der Waals surface area contributed by atoms with Crippen molar-refractivity contribution in [2.45, 2.75) is 71.8 Å². The molecule has 7 heterocycles. The molecule has 4 aliphatic heterocycles. The highest BCUT2D eigenvalue weighted by Gasteiger charge is 2.36. The average molecular weight is 1050 g/mol. The van der Waals surface area contributed by atoms with E-state index in [0.29, 0.717) is 58.0 Å². The van der Waals surface area contributed by atoms with Gasteiger partial charge in [0.1, 0.15) is 24.2 Å². The van der Waals surface area contributed by atoms with Gasteiger partial charge in [0.15, 0.2) is 5.58 Å². The molecule has 3 aromatic heterocycles. The molecule has 2 amide bonds. The van der Waals surface area contributed by atoms with E-state index in [9.17, 15) is 18.9 Å². The number of piperidine rings is 2. The Bertz CT molecular complexity index is 3080. The summed E-state index contributed by atoms with van der Waals surface area (Å²) in [6.07, 6.45) is 6.52. The van der Waals surface area contributed by atoms with Gasteiger partial charge < -0.3 is 39.1 Å². The van der Waals surface area contributed by atoms with Crippen molar-refractivity contribution in [3.05, 3.63) is 87.1 Å². The van der Waals surface area contributed by atoms with E-state index >= 15 is 0 Å². The van der Waals surface area contributed by atoms with Crippen LogP contribution in [-0.2, 0) is 27.0 Å². The molecule has 6 aromatic rings. The number of benzene rings is 3. The van der Waals surface area contributed by atoms with E-state index in [4.69, 9.17) is 19.1 Å². The fraction of sp³-hybridized carbons (Fsp3) is 0.462. The number of pyridine rings is 1. The van der Waals surface area contributed by atoms with Gasteiger partial charge in [-0.25, -0.2) is 9.78 Å². The molecular formula is C52H63BrN11O6P. The van der Waals surface area contributed by atoms with E-state index in [0.717, 1.165) is 133 Å². The summed E-state index contributed by atoms with van der Waals surface area (Å²) in [5.41, 5.74) is 7.42. The minimum Gasteiger partial charge on any atom is -0.492 e. The van der Waals surface area contributed by atoms with Gasteiger partial charge in [0.05, 0.1) is 33.7 Å². The zero-order chi connectivity index (χ0) is 49.6. The zero-order valence-corrected chi connectivity index (χ0v) is 43.7. The second kappa shape index (κ2) is 20.4. The highest BCUT2D eigenvalue weighted by atomic mass is 79.9. The minimum atomic E-state index is -2.74. The van der Waals surface area contributed by atoms with Gasteiger partial charge in [-0.1, -0.05) is 26.0 Å². The number of piperazine rings is 1. The summed E-state index contributed by atoms with van der Waals surface area (Å²) >= 11 is 3.65. The first-order valence-electron chi connectivity index (χ1n) is 25.1. The number of oxazole rings is 1. The first-order valence-corrected chi connectivity index (χ1v) is 28.5. The molecule has 10 rings (SSSR count). The molecule has 0 unspecified atom stereocenters. The molecule has 374 valence electrons. The van der Waals surface area contributed by atoms with E-state index < -0.39 is 12.9 Å². The molecule has 0 saturated carbocycles. The molecule has 0 atom stereocenters. The van der Waals surface area contributed by atoms with E-state index in [1.807, 2.05) is 43.3 Å². The number of hydrogen-bond acceptors (Lipinski definition) is 15. The number of para-hydroxylation sites is 1. The summed E-state index contributed by atoms with van der Waals surface area (Å²) in [5.74, 6) is 0.698. The van der Waals surface area contributed by atoms with Gasteiger partial charge in [-0.2, -0.15) is 14.7 Å². The number of anilines is 6. The predicted octanol–water partition coefficient (Wildman–Crippen LogP) is 7.85. The molecule has 71 heavy (non-hydrogen) atoms. The molecule has 0 radical (unpaired) electrons. The third kappa shape index (κ3) is 9.92. The second-order valence-electron chi connectivity index (χ2n) is 19.5. The summed E-state index contributed by atoms with van der Waals surface area (Å²) in [4.78, 5) is 62.7. The highest BCUT2D eigenvalue weighted by molar-refractivity contribution is 9.10. The van der Waals surface area contributed by atoms with Gasteiger partial charge in [0.25, 0.3) is 0 Å². The number of fused-ring (bicyclic) bond motifs is 2. The Kier molecular flexibility index (Phi) is 14.0. The van der Waals surface area contributed by atoms with Gasteiger partial charge in [-0.05, 0) is 110 Å². The topological polar surface area (TPSA) is 175 Å². The number of amides is 2. The van der Waals surface area contributed by atoms with E-state index in [-0.39, 0.29) is 24.7 Å². The van der Waals surface area contributed by atoms with Gasteiger partial charge in [0, 0.05) is 118 Å². The first-order chi connectivity index (χ1) is 34.3. The quantitative estimate of drug-likeness (QED) is 0.0751. The van der Waals surface area contributed by atoms with Crippen LogP contribution in [-0.4, -0.2) is 126 Å². The number of imide groups is 1. The van der Waals surface area contributed by atoms with Gasteiger partial charge in [-0.15, -0.1) is 0 Å². The van der Waals surface area contributed by atoms with Crippen LogP contribution in [0.3, 0.4) is 0 Å². The standard InChI is InChI=1S/C52H63BrN11O6P/c1-6-34-27-41(57-51-54-29-38(53)50(58-51)56-40-18-17-39-37(49(40)71(4,5)68)16-15-35(7-2)55-39)45(69-8-3)28-44(34)61-21-19-36(20-22-61)60-25-23-59(24-26-60)30-33-31-62(32-33)42-11-9-12-43-48(42)70-52(67)63(43)64-46(65)13-10-14-47(64)66/h9,11-12,15-18,27-29,33,36H,6-8,10,13-14,19-26,30-32H2,1-5H3,(H2,54,56,57,58). The molecule has 0 bridgehead atoms. The van der Waals surface area contributed by atoms with E-state index in [1.54, 1.807) is 25.6 Å². The Balaban J connectivity index is 0.745. The van der Waals surface area contributed by atoms with Crippen LogP contribution in [0.15, 0.2) is 74.5 Å². The Morgan fingerprint density at radius 2 is 1.59 bits per heavy atom. The second-order valence-corrected chi connectivity index (χ2v) is 23.5. The lowest BCUT2D eigenvalue weighted by Gasteiger charge is -2.46. The van der Waals surface area contributed by atoms with Crippen LogP contribution >= 0.6 is 23.1 Å². The van der Waals surface area contributed by atoms with Gasteiger partial charge in [-0.3, -0.25) is 19.5 Å². The minimum absolute atomic E-state index is 0.226. The maximum absolute atomic E-state index is 13.8. The Hall–Kier alpha value is -5.81. The van der Waals surface area contributed by atoms with Crippen molar-refractivity contribution in [3.8, 4) is 5.75 Å². The lowest BCUT2D eigenvalue weighted by Crippen LogP contribution is -2.57. The lowest BCUT2D eigenvalue weighted by atomic mass is 9.97. The fourth-order valence-electron chi connectivity index (χ4n) is 10.9. The molecule has 0 spiro atoms. The summed E-state index contributed by atoms with van der Waals surface area (Å²) in [5, 5.41) is 9.49. The van der Waals surface area contributed by atoms with Crippen molar-refractivity contribution in [2.24, 2.45) is 5.92 Å². The number of ether oxygens (including phenoxy) is 1. The lowest BCUT2D eigenvalue weighted by molar-refractivity contribution is -0.131. The van der Waals surface area contributed by atoms with Crippen LogP contribution < -0.4 is 41.2 Å². The maximum atomic E-state index is 13.8. The van der Waals surface area contributed by atoms with Crippen LogP contribution in [0.1, 0.15) is 64.1 Å². The molecule has 3 aromatic carbocycles. The molecule has 17 nitrogen and oxygen atoms in total. The SMILES string of the molecule is CCOc1cc(N2CCC(N3CCN(CC4CN(c5cccc6c5oc(=O)n6N5C(=O)CCCC5=O)C4)CC3)CC2)c(CC)cc1Nc1ncc(Br)c(Nc2ccc3nc(CC)ccc3c2P(C)(C)=O)n1. The third-order valence-electron chi connectivity index (χ3n) is 14.5. The van der Waals surface area contributed by atoms with Crippen molar-refractivity contribution < 1.29 is 23.3 Å². The fourth-order valence-corrected chi connectivity index (χ4v) is 12.7. The van der Waals surface area contributed by atoms with Crippen LogP contribution in [0.2, 0.25) is 0 Å². The number of aromatic nitrogens is 4. The Morgan fingerprint density at radius 1 is 0.831 bits per heavy atom. The average Bonchev–Trinajstić information content (AvgIpc) is 3.68. The van der Waals surface area contributed by atoms with Crippen LogP contribution in [0.4, 0.5) is 34.5 Å². The Morgan fingerprint density at radius 3 is 2.30 bits per heavy atom. The molecule has 4 fully saturated rings. The van der Waals surface area contributed by atoms with Crippen molar-refractivity contribution in [3.63, 3.8) is 0 Å². The predicted molar refractivity (Wildman–Crippen MR) is 285 cm³/mol. The molecule has 2 N–H and O–H groups in total. The summed E-state index contributed by atoms with van der Waals surface area (Å²) in [6.45, 7) is 19.2. The third-order valence-corrected chi connectivity index (χ3v) is 16.6. The van der Waals surface area contributed by atoms with E-state index in [2.05, 4.69) is 77.1 Å². The Labute approximate surface area is 422 Å². The number of carbonyl (C=O) groups excluding carboxylic acids is 2. The van der Waals surface area contributed by atoms with Crippen LogP contribution in [0, 0.1) is 5.92 Å².